The van der Waals surface area contributed by atoms with Crippen molar-refractivity contribution in [3.8, 4) is 0 Å². The highest BCUT2D eigenvalue weighted by Crippen LogP contribution is 2.49. The minimum atomic E-state index is -3.32. The van der Waals surface area contributed by atoms with Gasteiger partial charge in [0.15, 0.2) is 0 Å². The molecule has 3 atom stereocenters. The van der Waals surface area contributed by atoms with Crippen molar-refractivity contribution in [2.24, 2.45) is 0 Å². The number of carbonyl (C=O) groups is 1. The van der Waals surface area contributed by atoms with Crippen LogP contribution in [0.4, 0.5) is 4.79 Å². The average Bonchev–Trinajstić information content (AvgIpc) is 2.72. The summed E-state index contributed by atoms with van der Waals surface area (Å²) in [5.41, 5.74) is -0.814. The summed E-state index contributed by atoms with van der Waals surface area (Å²) in [6.07, 6.45) is 3.31. The van der Waals surface area contributed by atoms with Crippen molar-refractivity contribution in [2.75, 3.05) is 6.16 Å². The predicted molar refractivity (Wildman–Crippen MR) is 78.2 cm³/mol. The lowest BCUT2D eigenvalue weighted by atomic mass is 10.2. The standard InChI is InChI=1S/C14H28NO4P/c1-5-6-9-20(17,18)12-8-7-11(10-12)15-13(16)19-14(2,3)4/h11-12H,5-10H2,1-4H3,(H,15,16)(H,17,18)/p-1. The van der Waals surface area contributed by atoms with Crippen molar-refractivity contribution in [3.63, 3.8) is 0 Å². The summed E-state index contributed by atoms with van der Waals surface area (Å²) < 4.78 is 17.3. The lowest BCUT2D eigenvalue weighted by Gasteiger charge is -2.30. The minimum Gasteiger partial charge on any atom is -0.799 e. The molecular weight excluding hydrogens is 277 g/mol. The molecule has 0 spiro atoms. The van der Waals surface area contributed by atoms with Gasteiger partial charge in [0.05, 0.1) is 0 Å². The Morgan fingerprint density at radius 3 is 2.60 bits per heavy atom. The smallest absolute Gasteiger partial charge is 0.407 e. The van der Waals surface area contributed by atoms with Gasteiger partial charge in [-0.2, -0.15) is 0 Å². The van der Waals surface area contributed by atoms with Gasteiger partial charge in [0.25, 0.3) is 0 Å². The minimum absolute atomic E-state index is 0.0845. The number of alkyl carbamates (subject to hydrolysis) is 1. The highest BCUT2D eigenvalue weighted by atomic mass is 31.2. The third kappa shape index (κ3) is 5.84. The third-order valence-corrected chi connectivity index (χ3v) is 6.03. The van der Waals surface area contributed by atoms with Gasteiger partial charge in [-0.15, -0.1) is 0 Å². The van der Waals surface area contributed by atoms with Crippen LogP contribution in [0.3, 0.4) is 0 Å². The van der Waals surface area contributed by atoms with Crippen LogP contribution in [0.5, 0.6) is 0 Å². The summed E-state index contributed by atoms with van der Waals surface area (Å²) in [7, 11) is -3.32. The van der Waals surface area contributed by atoms with Gasteiger partial charge in [-0.05, 0) is 52.6 Å². The van der Waals surface area contributed by atoms with Crippen LogP contribution in [0, 0.1) is 0 Å². The molecule has 1 aliphatic rings. The first-order chi connectivity index (χ1) is 9.14. The molecule has 118 valence electrons. The zero-order valence-corrected chi connectivity index (χ0v) is 13.9. The van der Waals surface area contributed by atoms with Crippen LogP contribution in [0.2, 0.25) is 0 Å². The van der Waals surface area contributed by atoms with E-state index in [0.717, 1.165) is 12.8 Å². The zero-order valence-electron chi connectivity index (χ0n) is 13.0. The van der Waals surface area contributed by atoms with E-state index in [0.29, 0.717) is 19.3 Å². The van der Waals surface area contributed by atoms with Crippen LogP contribution >= 0.6 is 7.37 Å². The van der Waals surface area contributed by atoms with Crippen LogP contribution in [0.15, 0.2) is 0 Å². The second-order valence-corrected chi connectivity index (χ2v) is 9.24. The van der Waals surface area contributed by atoms with Gasteiger partial charge in [0.2, 0.25) is 0 Å². The summed E-state index contributed by atoms with van der Waals surface area (Å²) in [4.78, 5) is 23.8. The van der Waals surface area contributed by atoms with E-state index in [1.54, 1.807) is 20.8 Å². The van der Waals surface area contributed by atoms with E-state index in [9.17, 15) is 14.3 Å². The quantitative estimate of drug-likeness (QED) is 0.792. The van der Waals surface area contributed by atoms with Gasteiger partial charge in [-0.3, -0.25) is 0 Å². The molecule has 0 aromatic carbocycles. The lowest BCUT2D eigenvalue weighted by Crippen LogP contribution is -2.38. The lowest BCUT2D eigenvalue weighted by molar-refractivity contribution is -0.177. The van der Waals surface area contributed by atoms with Crippen molar-refractivity contribution in [2.45, 2.75) is 77.1 Å². The Hall–Kier alpha value is -0.540. The second kappa shape index (κ2) is 6.95. The first-order valence-corrected chi connectivity index (χ1v) is 9.31. The van der Waals surface area contributed by atoms with Gasteiger partial charge in [-0.1, -0.05) is 13.3 Å². The van der Waals surface area contributed by atoms with Crippen LogP contribution in [0.25, 0.3) is 0 Å². The van der Waals surface area contributed by atoms with Gasteiger partial charge in [-0.25, -0.2) is 4.79 Å². The van der Waals surface area contributed by atoms with Crippen LogP contribution in [-0.2, 0) is 9.30 Å². The average molecular weight is 304 g/mol. The molecule has 0 aromatic rings. The number of carbonyl (C=O) groups excluding carboxylic acids is 1. The van der Waals surface area contributed by atoms with E-state index in [1.165, 1.54) is 0 Å². The first kappa shape index (κ1) is 17.5. The summed E-state index contributed by atoms with van der Waals surface area (Å²) >= 11 is 0. The maximum atomic E-state index is 12.1. The normalized spacial score (nSPS) is 26.1. The summed E-state index contributed by atoms with van der Waals surface area (Å²) in [6, 6.07) is -0.0845. The molecular formula is C14H27NO4P-. The molecule has 1 saturated carbocycles. The highest BCUT2D eigenvalue weighted by molar-refractivity contribution is 7.57. The fourth-order valence-corrected chi connectivity index (χ4v) is 4.72. The number of hydrogen-bond acceptors (Lipinski definition) is 4. The highest BCUT2D eigenvalue weighted by Gasteiger charge is 2.33. The Balaban J connectivity index is 2.43. The topological polar surface area (TPSA) is 78.5 Å². The van der Waals surface area contributed by atoms with Gasteiger partial charge in [0, 0.05) is 19.1 Å². The fourth-order valence-electron chi connectivity index (χ4n) is 2.48. The van der Waals surface area contributed by atoms with Crippen LogP contribution in [-0.4, -0.2) is 29.6 Å². The van der Waals surface area contributed by atoms with Crippen LogP contribution < -0.4 is 10.2 Å². The molecule has 1 aliphatic carbocycles. The Morgan fingerprint density at radius 2 is 2.05 bits per heavy atom. The summed E-state index contributed by atoms with van der Waals surface area (Å²) in [6.45, 7) is 7.41. The first-order valence-electron chi connectivity index (χ1n) is 7.43. The molecule has 3 unspecified atom stereocenters. The molecule has 0 saturated heterocycles. The largest absolute Gasteiger partial charge is 0.799 e. The zero-order chi connectivity index (χ0) is 15.4. The van der Waals surface area contributed by atoms with Crippen LogP contribution in [0.1, 0.15) is 59.8 Å². The molecule has 1 N–H and O–H groups in total. The second-order valence-electron chi connectivity index (χ2n) is 6.61. The molecule has 5 nitrogen and oxygen atoms in total. The van der Waals surface area contributed by atoms with E-state index < -0.39 is 19.1 Å². The summed E-state index contributed by atoms with van der Waals surface area (Å²) in [5.74, 6) is 0. The van der Waals surface area contributed by atoms with Crippen molar-refractivity contribution < 1.29 is 19.0 Å². The molecule has 0 bridgehead atoms. The maximum Gasteiger partial charge on any atom is 0.407 e. The molecule has 0 aliphatic heterocycles. The Kier molecular flexibility index (Phi) is 6.08. The number of ether oxygens (including phenoxy) is 1. The number of rotatable bonds is 5. The molecule has 0 aromatic heterocycles. The van der Waals surface area contributed by atoms with E-state index in [2.05, 4.69) is 5.32 Å². The molecule has 20 heavy (non-hydrogen) atoms. The predicted octanol–water partition coefficient (Wildman–Crippen LogP) is 2.87. The molecule has 6 heteroatoms. The molecule has 0 radical (unpaired) electrons. The van der Waals surface area contributed by atoms with E-state index >= 15 is 0 Å². The molecule has 1 amide bonds. The van der Waals surface area contributed by atoms with E-state index in [-0.39, 0.29) is 17.9 Å². The Morgan fingerprint density at radius 1 is 1.40 bits per heavy atom. The van der Waals surface area contributed by atoms with Crippen molar-refractivity contribution >= 4 is 13.5 Å². The number of nitrogens with one attached hydrogen (secondary N) is 1. The van der Waals surface area contributed by atoms with E-state index in [4.69, 9.17) is 4.74 Å². The van der Waals surface area contributed by atoms with Gasteiger partial charge in [0.1, 0.15) is 5.60 Å². The molecule has 0 heterocycles. The third-order valence-electron chi connectivity index (χ3n) is 3.51. The van der Waals surface area contributed by atoms with E-state index in [1.807, 2.05) is 6.92 Å². The number of hydrogen-bond donors (Lipinski definition) is 1. The SMILES string of the molecule is CCCCP(=O)([O-])C1CCC(NC(=O)OC(C)(C)C)C1. The number of unbranched alkanes of at least 4 members (excludes halogenated alkanes) is 1. The maximum absolute atomic E-state index is 12.1. The van der Waals surface area contributed by atoms with Crippen molar-refractivity contribution in [3.05, 3.63) is 0 Å². The monoisotopic (exact) mass is 304 g/mol. The summed E-state index contributed by atoms with van der Waals surface area (Å²) in [5, 5.41) is 2.77. The van der Waals surface area contributed by atoms with Gasteiger partial charge >= 0.3 is 6.09 Å². The van der Waals surface area contributed by atoms with Crippen molar-refractivity contribution in [1.29, 1.82) is 0 Å². The Labute approximate surface area is 121 Å². The fraction of sp³-hybridized carbons (Fsp3) is 0.929. The van der Waals surface area contributed by atoms with Gasteiger partial charge < -0.3 is 19.5 Å². The van der Waals surface area contributed by atoms with Crippen molar-refractivity contribution in [1.82, 2.24) is 5.32 Å². The Bertz CT molecular complexity index is 378. The molecule has 1 rings (SSSR count). The number of amides is 1. The molecule has 1 fully saturated rings.